The molecule has 4 amide bonds. The van der Waals surface area contributed by atoms with Crippen molar-refractivity contribution in [2.75, 3.05) is 69.6 Å². The number of nitrogens with zero attached hydrogens (tertiary/aromatic N) is 17. The van der Waals surface area contributed by atoms with E-state index in [1.54, 1.807) is 11.0 Å². The molecule has 15 rings (SSSR count). The van der Waals surface area contributed by atoms with E-state index in [0.29, 0.717) is 90.1 Å². The summed E-state index contributed by atoms with van der Waals surface area (Å²) < 4.78 is 19.8. The van der Waals surface area contributed by atoms with Crippen LogP contribution in [-0.4, -0.2) is 150 Å². The number of amides is 4. The lowest BCUT2D eigenvalue weighted by Crippen LogP contribution is -2.40. The smallest absolute Gasteiger partial charge is 0.254 e. The third kappa shape index (κ3) is 17.4. The predicted octanol–water partition coefficient (Wildman–Crippen LogP) is 11.1. The summed E-state index contributed by atoms with van der Waals surface area (Å²) >= 11 is 0. The number of rotatable bonds is 19. The number of fused-ring (bicyclic) bond motifs is 3. The van der Waals surface area contributed by atoms with Crippen LogP contribution in [0.15, 0.2) is 171 Å². The van der Waals surface area contributed by atoms with Gasteiger partial charge < -0.3 is 43.0 Å². The lowest BCUT2D eigenvalue weighted by atomic mass is 10.1. The minimum atomic E-state index is -0.555. The molecule has 6 aromatic carbocycles. The van der Waals surface area contributed by atoms with Gasteiger partial charge in [-0.05, 0) is 131 Å². The van der Waals surface area contributed by atoms with Gasteiger partial charge >= 0.3 is 0 Å². The topological polar surface area (TPSA) is 371 Å². The van der Waals surface area contributed by atoms with Crippen LogP contribution in [0.25, 0.3) is 66.9 Å². The highest BCUT2D eigenvalue weighted by atomic mass is 19.1. The summed E-state index contributed by atoms with van der Waals surface area (Å²) in [5.74, 6) is -0.200. The molecule has 0 unspecified atom stereocenters. The number of anilines is 3. The summed E-state index contributed by atoms with van der Waals surface area (Å²) in [6, 6.07) is 47.6. The molecule has 6 aromatic heterocycles. The minimum Gasteiger partial charge on any atom is -0.383 e. The Kier molecular flexibility index (Phi) is 23.8. The number of benzene rings is 6. The highest BCUT2D eigenvalue weighted by Crippen LogP contribution is 2.38. The molecule has 9 heterocycles. The average molecular weight is 1490 g/mol. The first-order chi connectivity index (χ1) is 53.9. The number of aromatic nitrogens is 12. The average Bonchev–Trinajstić information content (AvgIpc) is 1.62. The van der Waals surface area contributed by atoms with Crippen molar-refractivity contribution in [1.29, 1.82) is 10.5 Å². The Morgan fingerprint density at radius 1 is 0.505 bits per heavy atom. The Labute approximate surface area is 641 Å². The lowest BCUT2D eigenvalue weighted by Gasteiger charge is -2.32. The van der Waals surface area contributed by atoms with Crippen molar-refractivity contribution in [2.24, 2.45) is 0 Å². The first kappa shape index (κ1) is 76.0. The number of aryl methyl sites for hydroxylation is 3. The zero-order valence-corrected chi connectivity index (χ0v) is 62.1. The van der Waals surface area contributed by atoms with E-state index in [1.165, 1.54) is 37.2 Å². The van der Waals surface area contributed by atoms with E-state index >= 15 is 0 Å². The second-order valence-corrected chi connectivity index (χ2v) is 28.0. The fourth-order valence-corrected chi connectivity index (χ4v) is 14.6. The van der Waals surface area contributed by atoms with Crippen LogP contribution in [0.2, 0.25) is 0 Å². The van der Waals surface area contributed by atoms with Gasteiger partial charge in [0.05, 0.1) is 58.5 Å². The third-order valence-corrected chi connectivity index (χ3v) is 20.5. The second-order valence-electron chi connectivity index (χ2n) is 28.0. The summed E-state index contributed by atoms with van der Waals surface area (Å²) in [4.78, 5) is 82.2. The van der Waals surface area contributed by atoms with Crippen LogP contribution < -0.4 is 33.2 Å². The van der Waals surface area contributed by atoms with Crippen LogP contribution in [0, 0.1) is 49.3 Å². The largest absolute Gasteiger partial charge is 0.383 e. The Bertz CT molecular complexity index is 5490. The zero-order valence-electron chi connectivity index (χ0n) is 62.1. The summed E-state index contributed by atoms with van der Waals surface area (Å²) in [6.07, 6.45) is 11.9. The van der Waals surface area contributed by atoms with Crippen LogP contribution in [0.3, 0.4) is 0 Å². The van der Waals surface area contributed by atoms with Crippen molar-refractivity contribution in [2.45, 2.75) is 103 Å². The zero-order chi connectivity index (χ0) is 77.7. The number of carbonyl (C=O) groups is 4. The summed E-state index contributed by atoms with van der Waals surface area (Å²) in [6.45, 7) is 16.2. The minimum absolute atomic E-state index is 0.0187. The number of nitrogens with two attached hydrogens (primary N) is 3. The maximum absolute atomic E-state index is 14.0. The Balaban J connectivity index is 0.000000146. The van der Waals surface area contributed by atoms with E-state index < -0.39 is 11.7 Å². The number of carbonyl (C=O) groups excluding carboxylic acids is 4. The molecule has 3 saturated heterocycles. The molecule has 3 aliphatic heterocycles. The van der Waals surface area contributed by atoms with Crippen molar-refractivity contribution in [1.82, 2.24) is 89.9 Å². The van der Waals surface area contributed by atoms with Gasteiger partial charge in [0.15, 0.2) is 16.9 Å². The molecule has 9 N–H and O–H groups in total. The Morgan fingerprint density at radius 3 is 1.32 bits per heavy atom. The quantitative estimate of drug-likeness (QED) is 0.0323. The van der Waals surface area contributed by atoms with Crippen molar-refractivity contribution in [3.8, 4) is 45.9 Å². The predicted molar refractivity (Wildman–Crippen MR) is 423 cm³/mol. The normalized spacial score (nSPS) is 15.8. The lowest BCUT2D eigenvalue weighted by molar-refractivity contribution is -0.127. The molecule has 111 heavy (non-hydrogen) atoms. The molecule has 28 heteroatoms. The van der Waals surface area contributed by atoms with Crippen molar-refractivity contribution < 1.29 is 23.6 Å². The summed E-state index contributed by atoms with van der Waals surface area (Å²) in [7, 11) is 0. The first-order valence-corrected chi connectivity index (χ1v) is 37.0. The van der Waals surface area contributed by atoms with E-state index in [4.69, 9.17) is 43.0 Å². The molecule has 0 aliphatic carbocycles. The van der Waals surface area contributed by atoms with Gasteiger partial charge in [0.1, 0.15) is 59.3 Å². The van der Waals surface area contributed by atoms with Crippen molar-refractivity contribution in [3.63, 3.8) is 0 Å². The molecular formula is C83H86FN23O4. The Morgan fingerprint density at radius 2 is 0.901 bits per heavy atom. The molecule has 3 atom stereocenters. The van der Waals surface area contributed by atoms with Gasteiger partial charge in [-0.2, -0.15) is 25.8 Å². The maximum Gasteiger partial charge on any atom is 0.254 e. The summed E-state index contributed by atoms with van der Waals surface area (Å²) in [5, 5.41) is 43.8. The number of nitriles is 2. The molecule has 0 bridgehead atoms. The van der Waals surface area contributed by atoms with Gasteiger partial charge in [0.2, 0.25) is 5.91 Å². The van der Waals surface area contributed by atoms with Gasteiger partial charge in [-0.3, -0.25) is 24.1 Å². The fourth-order valence-electron chi connectivity index (χ4n) is 14.6. The molecule has 3 aliphatic rings. The molecule has 0 saturated carbocycles. The standard InChI is InChI=1S/C28H28FN7O2.C28H30N8O.C27H28N8O/c1-3-23(37)35-12-4-5-20(15-35)36-27-24(26(30)32-16-33-27)25(34-36)19-9-7-18(8-10-19)14-31-28(38)21-13-17(2)6-11-22(21)29;1-19-6-2-3-8-23(19)28(37)31-16-20-9-11-21(12-10-20)25-24-26(30)32-18-33-27(24)36(34-25)22-7-4-14-35(17-22)15-5-13-29;1-18-5-2-3-7-22(18)27(36)30-15-19-8-10-20(11-9-19)24-23-25(29)31-17-32-26(23)35(33-24)21-6-4-13-34(16-21)14-12-28/h3,6-11,13,16,20H,1,4-5,12,14-15H2,2H3,(H,31,38)(H2,30,32,33);2-3,6,8-12,18,22H,4-5,7,14-17H2,1H3,(H,31,37)(H2,30,32,33);2-3,5,7-11,17,21H,4,6,13-16H2,1H3,(H,30,36)(H2,29,31,32)/t20-;22-;21-/m111/s1. The van der Waals surface area contributed by atoms with Crippen LogP contribution in [-0.2, 0) is 24.4 Å². The number of nitrogens with one attached hydrogen (secondary N) is 3. The van der Waals surface area contributed by atoms with E-state index in [0.717, 1.165) is 149 Å². The Hall–Kier alpha value is -13.2. The SMILES string of the molecule is C=CC(=O)N1CCC[C@@H](n2nc(-c3ccc(CNC(=O)c4cc(C)ccc4F)cc3)c3c(N)ncnc32)C1.Cc1ccccc1C(=O)NCc1ccc(-c2nn([C@@H]3CCCN(CC#N)C3)c3ncnc(N)c23)cc1.Cc1ccccc1C(=O)NCc1ccc(-c2nn([C@@H]3CCCN(CCC#N)C3)c3ncnc(N)c23)cc1. The number of likely N-dealkylation sites (tertiary alicyclic amines) is 3. The van der Waals surface area contributed by atoms with Crippen LogP contribution in [0.4, 0.5) is 21.8 Å². The number of hydrogen-bond donors (Lipinski definition) is 6. The van der Waals surface area contributed by atoms with Crippen LogP contribution >= 0.6 is 0 Å². The number of piperidine rings is 3. The monoisotopic (exact) mass is 1490 g/mol. The second kappa shape index (κ2) is 34.8. The number of hydrogen-bond acceptors (Lipinski definition) is 20. The van der Waals surface area contributed by atoms with E-state index in [-0.39, 0.29) is 48.0 Å². The molecular weight excluding hydrogens is 1400 g/mol. The molecule has 27 nitrogen and oxygen atoms in total. The van der Waals surface area contributed by atoms with Crippen LogP contribution in [0.1, 0.15) is 128 Å². The number of halogens is 1. The van der Waals surface area contributed by atoms with Gasteiger partial charge in [-0.15, -0.1) is 0 Å². The van der Waals surface area contributed by atoms with Crippen molar-refractivity contribution >= 4 is 74.2 Å². The van der Waals surface area contributed by atoms with E-state index in [9.17, 15) is 23.6 Å². The highest BCUT2D eigenvalue weighted by molar-refractivity contribution is 6.01. The van der Waals surface area contributed by atoms with Crippen LogP contribution in [0.5, 0.6) is 0 Å². The molecule has 3 fully saturated rings. The molecule has 564 valence electrons. The summed E-state index contributed by atoms with van der Waals surface area (Å²) in [5.41, 5.74) is 32.5. The van der Waals surface area contributed by atoms with E-state index in [1.807, 2.05) is 156 Å². The van der Waals surface area contributed by atoms with Gasteiger partial charge in [-0.25, -0.2) is 48.3 Å². The number of nitrogen functional groups attached to an aromatic ring is 3. The van der Waals surface area contributed by atoms with Gasteiger partial charge in [-0.1, -0.05) is 127 Å². The highest BCUT2D eigenvalue weighted by Gasteiger charge is 2.31. The third-order valence-electron chi connectivity index (χ3n) is 20.5. The fraction of sp³-hybridized carbons (Fsp3) is 0.289. The molecule has 0 radical (unpaired) electrons. The van der Waals surface area contributed by atoms with Crippen molar-refractivity contribution in [3.05, 3.63) is 227 Å². The van der Waals surface area contributed by atoms with E-state index in [2.05, 4.69) is 74.4 Å². The molecule has 0 spiro atoms. The maximum atomic E-state index is 14.0. The van der Waals surface area contributed by atoms with Gasteiger partial charge in [0, 0.05) is 86.6 Å². The first-order valence-electron chi connectivity index (χ1n) is 37.0. The van der Waals surface area contributed by atoms with Gasteiger partial charge in [0.25, 0.3) is 17.7 Å². The molecule has 12 aromatic rings.